The van der Waals surface area contributed by atoms with Gasteiger partial charge in [-0.25, -0.2) is 0 Å². The Morgan fingerprint density at radius 1 is 1.03 bits per heavy atom. The quantitative estimate of drug-likeness (QED) is 0.328. The summed E-state index contributed by atoms with van der Waals surface area (Å²) < 4.78 is 10.8. The van der Waals surface area contributed by atoms with E-state index in [4.69, 9.17) is 21.1 Å². The SMILES string of the molecule is COc1ccc(CNc2cnnc3cc(-c4cc(Cl)ccc4C(=O)NC(C)C)ccc23)c(OC)c1. The van der Waals surface area contributed by atoms with Crippen LogP contribution in [0.15, 0.2) is 60.8 Å². The number of halogens is 1. The van der Waals surface area contributed by atoms with Crippen LogP contribution in [0.2, 0.25) is 5.02 Å². The van der Waals surface area contributed by atoms with Gasteiger partial charge in [0.05, 0.1) is 31.6 Å². The van der Waals surface area contributed by atoms with Gasteiger partial charge in [0, 0.05) is 40.2 Å². The molecule has 0 saturated carbocycles. The van der Waals surface area contributed by atoms with Gasteiger partial charge in [-0.2, -0.15) is 10.2 Å². The molecular weight excluding hydrogens is 464 g/mol. The minimum atomic E-state index is -0.151. The maximum absolute atomic E-state index is 12.8. The molecule has 3 aromatic carbocycles. The Morgan fingerprint density at radius 3 is 2.60 bits per heavy atom. The van der Waals surface area contributed by atoms with Gasteiger partial charge in [-0.1, -0.05) is 17.7 Å². The number of ether oxygens (including phenoxy) is 2. The van der Waals surface area contributed by atoms with Crippen molar-refractivity contribution >= 4 is 34.1 Å². The number of fused-ring (bicyclic) bond motifs is 1. The number of rotatable bonds is 8. The Morgan fingerprint density at radius 2 is 1.86 bits per heavy atom. The third-order valence-corrected chi connectivity index (χ3v) is 5.80. The maximum Gasteiger partial charge on any atom is 0.252 e. The van der Waals surface area contributed by atoms with Crippen molar-refractivity contribution < 1.29 is 14.3 Å². The van der Waals surface area contributed by atoms with Crippen molar-refractivity contribution in [1.29, 1.82) is 0 Å². The number of amides is 1. The molecule has 0 bridgehead atoms. The highest BCUT2D eigenvalue weighted by molar-refractivity contribution is 6.31. The highest BCUT2D eigenvalue weighted by Gasteiger charge is 2.16. The van der Waals surface area contributed by atoms with Crippen LogP contribution in [-0.2, 0) is 6.54 Å². The molecule has 4 rings (SSSR count). The van der Waals surface area contributed by atoms with Crippen molar-refractivity contribution in [3.63, 3.8) is 0 Å². The first-order valence-electron chi connectivity index (χ1n) is 11.2. The van der Waals surface area contributed by atoms with Crippen molar-refractivity contribution in [2.24, 2.45) is 0 Å². The summed E-state index contributed by atoms with van der Waals surface area (Å²) in [5.74, 6) is 1.32. The third-order valence-electron chi connectivity index (χ3n) is 5.56. The molecule has 1 heterocycles. The van der Waals surface area contributed by atoms with Gasteiger partial charge < -0.3 is 20.1 Å². The molecule has 1 aromatic heterocycles. The molecule has 35 heavy (non-hydrogen) atoms. The van der Waals surface area contributed by atoms with Crippen LogP contribution in [0, 0.1) is 0 Å². The zero-order valence-corrected chi connectivity index (χ0v) is 20.8. The lowest BCUT2D eigenvalue weighted by atomic mass is 9.97. The standard InChI is InChI=1S/C27H27ClN4O3/c1-16(2)31-27(33)21-10-7-19(28)12-23(21)17-6-9-22-24(11-17)32-30-15-25(22)29-14-18-5-8-20(34-3)13-26(18)35-4/h5-13,15-16H,14H2,1-4H3,(H,29,32)(H,31,33). The molecule has 2 N–H and O–H groups in total. The van der Waals surface area contributed by atoms with Crippen LogP contribution in [0.3, 0.4) is 0 Å². The van der Waals surface area contributed by atoms with Crippen LogP contribution >= 0.6 is 11.6 Å². The zero-order chi connectivity index (χ0) is 24.9. The van der Waals surface area contributed by atoms with E-state index in [9.17, 15) is 4.79 Å². The van der Waals surface area contributed by atoms with E-state index in [-0.39, 0.29) is 11.9 Å². The number of hydrogen-bond donors (Lipinski definition) is 2. The second-order valence-electron chi connectivity index (χ2n) is 8.34. The topological polar surface area (TPSA) is 85.4 Å². The fourth-order valence-corrected chi connectivity index (χ4v) is 4.02. The molecule has 180 valence electrons. The van der Waals surface area contributed by atoms with Crippen molar-refractivity contribution in [1.82, 2.24) is 15.5 Å². The van der Waals surface area contributed by atoms with Crippen LogP contribution in [0.1, 0.15) is 29.8 Å². The molecule has 8 heteroatoms. The summed E-state index contributed by atoms with van der Waals surface area (Å²) in [6, 6.07) is 16.8. The van der Waals surface area contributed by atoms with Gasteiger partial charge in [-0.15, -0.1) is 0 Å². The summed E-state index contributed by atoms with van der Waals surface area (Å²) in [6.45, 7) is 4.38. The fourth-order valence-electron chi connectivity index (χ4n) is 3.85. The monoisotopic (exact) mass is 490 g/mol. The molecule has 0 spiro atoms. The minimum absolute atomic E-state index is 0.0199. The van der Waals surface area contributed by atoms with E-state index >= 15 is 0 Å². The molecule has 0 aliphatic carbocycles. The fraction of sp³-hybridized carbons (Fsp3) is 0.222. The molecule has 0 atom stereocenters. The molecule has 0 aliphatic rings. The number of nitrogens with zero attached hydrogens (tertiary/aromatic N) is 2. The smallest absolute Gasteiger partial charge is 0.252 e. The van der Waals surface area contributed by atoms with Crippen LogP contribution in [0.5, 0.6) is 11.5 Å². The minimum Gasteiger partial charge on any atom is -0.497 e. The number of anilines is 1. The van der Waals surface area contributed by atoms with Crippen LogP contribution in [0.4, 0.5) is 5.69 Å². The lowest BCUT2D eigenvalue weighted by molar-refractivity contribution is 0.0944. The average molecular weight is 491 g/mol. The molecule has 0 unspecified atom stereocenters. The van der Waals surface area contributed by atoms with E-state index in [2.05, 4.69) is 20.8 Å². The first-order valence-corrected chi connectivity index (χ1v) is 11.6. The van der Waals surface area contributed by atoms with Crippen LogP contribution in [0.25, 0.3) is 22.0 Å². The van der Waals surface area contributed by atoms with Gasteiger partial charge in [-0.3, -0.25) is 4.79 Å². The van der Waals surface area contributed by atoms with Crippen LogP contribution < -0.4 is 20.1 Å². The van der Waals surface area contributed by atoms with Gasteiger partial charge in [0.15, 0.2) is 0 Å². The molecule has 0 aliphatic heterocycles. The molecule has 0 saturated heterocycles. The summed E-state index contributed by atoms with van der Waals surface area (Å²) >= 11 is 6.28. The van der Waals surface area contributed by atoms with Gasteiger partial charge in [0.2, 0.25) is 0 Å². The Bertz CT molecular complexity index is 1370. The van der Waals surface area contributed by atoms with Crippen molar-refractivity contribution in [2.75, 3.05) is 19.5 Å². The number of nitrogens with one attached hydrogen (secondary N) is 2. The van der Waals surface area contributed by atoms with E-state index in [0.29, 0.717) is 22.6 Å². The lowest BCUT2D eigenvalue weighted by Crippen LogP contribution is -2.30. The molecule has 1 amide bonds. The molecule has 4 aromatic rings. The zero-order valence-electron chi connectivity index (χ0n) is 20.1. The molecule has 7 nitrogen and oxygen atoms in total. The van der Waals surface area contributed by atoms with Crippen molar-refractivity contribution in [3.05, 3.63) is 76.9 Å². The second kappa shape index (κ2) is 10.6. The lowest BCUT2D eigenvalue weighted by Gasteiger charge is -2.15. The summed E-state index contributed by atoms with van der Waals surface area (Å²) in [5, 5.41) is 16.3. The largest absolute Gasteiger partial charge is 0.497 e. The predicted octanol–water partition coefficient (Wildman–Crippen LogP) is 5.72. The van der Waals surface area contributed by atoms with Crippen molar-refractivity contribution in [3.8, 4) is 22.6 Å². The summed E-state index contributed by atoms with van der Waals surface area (Å²) in [7, 11) is 3.26. The van der Waals surface area contributed by atoms with Crippen molar-refractivity contribution in [2.45, 2.75) is 26.4 Å². The average Bonchev–Trinajstić information content (AvgIpc) is 2.86. The third kappa shape index (κ3) is 5.46. The summed E-state index contributed by atoms with van der Waals surface area (Å²) in [6.07, 6.45) is 1.69. The molecule has 0 radical (unpaired) electrons. The number of carbonyl (C=O) groups excluding carboxylic acids is 1. The van der Waals surface area contributed by atoms with Gasteiger partial charge in [0.25, 0.3) is 5.91 Å². The number of aromatic nitrogens is 2. The van der Waals surface area contributed by atoms with Gasteiger partial charge in [-0.05, 0) is 67.4 Å². The summed E-state index contributed by atoms with van der Waals surface area (Å²) in [4.78, 5) is 12.8. The number of hydrogen-bond acceptors (Lipinski definition) is 6. The molecule has 0 fully saturated rings. The Labute approximate surface area is 209 Å². The number of benzene rings is 3. The highest BCUT2D eigenvalue weighted by Crippen LogP contribution is 2.32. The summed E-state index contributed by atoms with van der Waals surface area (Å²) in [5.41, 5.74) is 4.64. The second-order valence-corrected chi connectivity index (χ2v) is 8.78. The maximum atomic E-state index is 12.8. The number of carbonyl (C=O) groups is 1. The highest BCUT2D eigenvalue weighted by atomic mass is 35.5. The van der Waals surface area contributed by atoms with Gasteiger partial charge >= 0.3 is 0 Å². The molecular formula is C27H27ClN4O3. The number of methoxy groups -OCH3 is 2. The Balaban J connectivity index is 1.66. The predicted molar refractivity (Wildman–Crippen MR) is 139 cm³/mol. The van der Waals surface area contributed by atoms with E-state index < -0.39 is 0 Å². The van der Waals surface area contributed by atoms with E-state index in [1.54, 1.807) is 38.6 Å². The van der Waals surface area contributed by atoms with E-state index in [0.717, 1.165) is 39.3 Å². The first kappa shape index (κ1) is 24.3. The Kier molecular flexibility index (Phi) is 7.36. The van der Waals surface area contributed by atoms with Gasteiger partial charge in [0.1, 0.15) is 11.5 Å². The van der Waals surface area contributed by atoms with E-state index in [1.807, 2.05) is 50.2 Å². The van der Waals surface area contributed by atoms with E-state index in [1.165, 1.54) is 0 Å². The Hall–Kier alpha value is -3.84. The first-order chi connectivity index (χ1) is 16.9. The normalized spacial score (nSPS) is 10.9. The van der Waals surface area contributed by atoms with Crippen LogP contribution in [-0.4, -0.2) is 36.4 Å².